The molecule has 110 valence electrons. The highest BCUT2D eigenvalue weighted by atomic mass is 14.9. The first kappa shape index (κ1) is 14.5. The molecular formula is C21H22N+. The predicted molar refractivity (Wildman–Crippen MR) is 92.7 cm³/mol. The van der Waals surface area contributed by atoms with Crippen molar-refractivity contribution in [2.45, 2.75) is 20.8 Å². The van der Waals surface area contributed by atoms with Crippen molar-refractivity contribution in [3.05, 3.63) is 77.4 Å². The van der Waals surface area contributed by atoms with Gasteiger partial charge in [0.1, 0.15) is 7.05 Å². The van der Waals surface area contributed by atoms with E-state index < -0.39 is 0 Å². The number of aryl methyl sites for hydroxylation is 3. The van der Waals surface area contributed by atoms with Crippen LogP contribution in [0.25, 0.3) is 22.5 Å². The smallest absolute Gasteiger partial charge is 0.194 e. The second-order valence-corrected chi connectivity index (χ2v) is 5.99. The molecule has 1 heteroatoms. The minimum Gasteiger partial charge on any atom is -0.194 e. The molecule has 2 aromatic carbocycles. The topological polar surface area (TPSA) is 3.88 Å². The zero-order chi connectivity index (χ0) is 15.7. The van der Waals surface area contributed by atoms with E-state index in [1.54, 1.807) is 0 Å². The van der Waals surface area contributed by atoms with Gasteiger partial charge in [0.15, 0.2) is 0 Å². The Morgan fingerprint density at radius 2 is 1.27 bits per heavy atom. The van der Waals surface area contributed by atoms with Crippen LogP contribution in [0.4, 0.5) is 0 Å². The molecule has 0 radical (unpaired) electrons. The number of pyridine rings is 1. The van der Waals surface area contributed by atoms with Gasteiger partial charge in [-0.15, -0.1) is 0 Å². The van der Waals surface area contributed by atoms with Gasteiger partial charge in [-0.05, 0) is 50.1 Å². The molecule has 3 rings (SSSR count). The van der Waals surface area contributed by atoms with Gasteiger partial charge in [-0.1, -0.05) is 35.9 Å². The summed E-state index contributed by atoms with van der Waals surface area (Å²) in [4.78, 5) is 0. The molecular weight excluding hydrogens is 266 g/mol. The Kier molecular flexibility index (Phi) is 3.81. The standard InChI is InChI=1S/C21H22N/c1-15-12-13-17(3)19(14-15)21-11-7-10-20(22(21)4)18-9-6-5-8-16(18)2/h5-14H,1-4H3/q+1. The summed E-state index contributed by atoms with van der Waals surface area (Å²) >= 11 is 0. The van der Waals surface area contributed by atoms with Gasteiger partial charge in [0.2, 0.25) is 11.4 Å². The van der Waals surface area contributed by atoms with E-state index in [1.165, 1.54) is 39.2 Å². The summed E-state index contributed by atoms with van der Waals surface area (Å²) in [6.45, 7) is 6.49. The first-order valence-corrected chi connectivity index (χ1v) is 7.70. The van der Waals surface area contributed by atoms with Crippen LogP contribution in [0.1, 0.15) is 16.7 Å². The molecule has 0 aliphatic heterocycles. The Morgan fingerprint density at radius 1 is 0.636 bits per heavy atom. The molecule has 0 amide bonds. The molecule has 1 nitrogen and oxygen atoms in total. The molecule has 0 saturated heterocycles. The highest BCUT2D eigenvalue weighted by Gasteiger charge is 2.18. The maximum Gasteiger partial charge on any atom is 0.213 e. The number of nitrogens with zero attached hydrogens (tertiary/aromatic N) is 1. The van der Waals surface area contributed by atoms with Crippen molar-refractivity contribution in [1.82, 2.24) is 0 Å². The van der Waals surface area contributed by atoms with E-state index >= 15 is 0 Å². The van der Waals surface area contributed by atoms with Gasteiger partial charge in [0.05, 0.1) is 0 Å². The SMILES string of the molecule is Cc1ccc(C)c(-c2cccc(-c3ccccc3C)[n+]2C)c1. The Labute approximate surface area is 132 Å². The molecule has 1 aromatic heterocycles. The maximum atomic E-state index is 2.30. The van der Waals surface area contributed by atoms with Crippen LogP contribution >= 0.6 is 0 Å². The van der Waals surface area contributed by atoms with Crippen molar-refractivity contribution < 1.29 is 4.57 Å². The largest absolute Gasteiger partial charge is 0.213 e. The third kappa shape index (κ3) is 2.55. The van der Waals surface area contributed by atoms with E-state index in [-0.39, 0.29) is 0 Å². The van der Waals surface area contributed by atoms with E-state index in [9.17, 15) is 0 Å². The number of aromatic nitrogens is 1. The van der Waals surface area contributed by atoms with Gasteiger partial charge in [-0.3, -0.25) is 0 Å². The predicted octanol–water partition coefficient (Wildman–Crippen LogP) is 4.77. The number of hydrogen-bond donors (Lipinski definition) is 0. The van der Waals surface area contributed by atoms with Crippen molar-refractivity contribution in [3.63, 3.8) is 0 Å². The van der Waals surface area contributed by atoms with Gasteiger partial charge in [-0.2, -0.15) is 4.57 Å². The quantitative estimate of drug-likeness (QED) is 0.598. The van der Waals surface area contributed by atoms with Crippen molar-refractivity contribution in [1.29, 1.82) is 0 Å². The van der Waals surface area contributed by atoms with Crippen molar-refractivity contribution in [3.8, 4) is 22.5 Å². The molecule has 0 aliphatic rings. The molecule has 3 aromatic rings. The van der Waals surface area contributed by atoms with Crippen LogP contribution in [0.2, 0.25) is 0 Å². The van der Waals surface area contributed by atoms with Crippen LogP contribution in [-0.2, 0) is 7.05 Å². The van der Waals surface area contributed by atoms with Crippen molar-refractivity contribution >= 4 is 0 Å². The third-order valence-corrected chi connectivity index (χ3v) is 4.32. The molecule has 0 fully saturated rings. The molecule has 0 saturated carbocycles. The van der Waals surface area contributed by atoms with Crippen molar-refractivity contribution in [2.75, 3.05) is 0 Å². The van der Waals surface area contributed by atoms with Crippen LogP contribution in [0, 0.1) is 20.8 Å². The molecule has 0 N–H and O–H groups in total. The second-order valence-electron chi connectivity index (χ2n) is 5.99. The normalized spacial score (nSPS) is 10.7. The Balaban J connectivity index is 2.22. The van der Waals surface area contributed by atoms with Crippen LogP contribution in [0.15, 0.2) is 60.7 Å². The van der Waals surface area contributed by atoms with E-state index in [1.807, 2.05) is 0 Å². The first-order valence-electron chi connectivity index (χ1n) is 7.70. The zero-order valence-corrected chi connectivity index (χ0v) is 13.7. The van der Waals surface area contributed by atoms with Gasteiger partial charge in [-0.25, -0.2) is 0 Å². The van der Waals surface area contributed by atoms with E-state index in [0.717, 1.165) is 0 Å². The molecule has 0 atom stereocenters. The minimum absolute atomic E-state index is 1.25. The minimum atomic E-state index is 1.25. The van der Waals surface area contributed by atoms with Crippen LogP contribution in [-0.4, -0.2) is 0 Å². The summed E-state index contributed by atoms with van der Waals surface area (Å²) in [5.41, 5.74) is 9.00. The molecule has 0 aliphatic carbocycles. The molecule has 22 heavy (non-hydrogen) atoms. The van der Waals surface area contributed by atoms with Crippen LogP contribution in [0.5, 0.6) is 0 Å². The molecule has 0 spiro atoms. The fourth-order valence-electron chi connectivity index (χ4n) is 3.00. The summed E-state index contributed by atoms with van der Waals surface area (Å²) < 4.78 is 2.30. The Hall–Kier alpha value is -2.41. The summed E-state index contributed by atoms with van der Waals surface area (Å²) in [5.74, 6) is 0. The molecule has 0 unspecified atom stereocenters. The highest BCUT2D eigenvalue weighted by Crippen LogP contribution is 2.25. The summed E-state index contributed by atoms with van der Waals surface area (Å²) in [6.07, 6.45) is 0. The lowest BCUT2D eigenvalue weighted by Crippen LogP contribution is -2.34. The molecule has 0 bridgehead atoms. The van der Waals surface area contributed by atoms with Gasteiger partial charge >= 0.3 is 0 Å². The lowest BCUT2D eigenvalue weighted by atomic mass is 10.00. The van der Waals surface area contributed by atoms with Crippen LogP contribution < -0.4 is 4.57 Å². The third-order valence-electron chi connectivity index (χ3n) is 4.32. The molecule has 1 heterocycles. The Morgan fingerprint density at radius 3 is 2.00 bits per heavy atom. The number of benzene rings is 2. The van der Waals surface area contributed by atoms with Crippen LogP contribution in [0.3, 0.4) is 0 Å². The summed E-state index contributed by atoms with van der Waals surface area (Å²) in [5, 5.41) is 0. The number of hydrogen-bond acceptors (Lipinski definition) is 0. The van der Waals surface area contributed by atoms with E-state index in [0.29, 0.717) is 0 Å². The van der Waals surface area contributed by atoms with E-state index in [4.69, 9.17) is 0 Å². The highest BCUT2D eigenvalue weighted by molar-refractivity contribution is 5.66. The number of rotatable bonds is 2. The Bertz CT molecular complexity index is 831. The summed E-state index contributed by atoms with van der Waals surface area (Å²) in [6, 6.07) is 21.7. The fourth-order valence-corrected chi connectivity index (χ4v) is 3.00. The first-order chi connectivity index (χ1) is 10.6. The lowest BCUT2D eigenvalue weighted by molar-refractivity contribution is -0.649. The lowest BCUT2D eigenvalue weighted by Gasteiger charge is -2.10. The maximum absolute atomic E-state index is 2.30. The van der Waals surface area contributed by atoms with E-state index in [2.05, 4.69) is 93.0 Å². The summed E-state index contributed by atoms with van der Waals surface area (Å²) in [7, 11) is 2.15. The average Bonchev–Trinajstić information content (AvgIpc) is 2.51. The zero-order valence-electron chi connectivity index (χ0n) is 13.7. The van der Waals surface area contributed by atoms with Crippen molar-refractivity contribution in [2.24, 2.45) is 7.05 Å². The van der Waals surface area contributed by atoms with Gasteiger partial charge < -0.3 is 0 Å². The monoisotopic (exact) mass is 288 g/mol. The van der Waals surface area contributed by atoms with Gasteiger partial charge in [0, 0.05) is 23.3 Å². The van der Waals surface area contributed by atoms with Gasteiger partial charge in [0.25, 0.3) is 0 Å². The average molecular weight is 288 g/mol. The second kappa shape index (κ2) is 5.76. The fraction of sp³-hybridized carbons (Fsp3) is 0.190.